The molecule has 0 amide bonds. The third-order valence-corrected chi connectivity index (χ3v) is 4.56. The fourth-order valence-electron chi connectivity index (χ4n) is 2.45. The van der Waals surface area contributed by atoms with Gasteiger partial charge in [-0.3, -0.25) is 0 Å². The lowest BCUT2D eigenvalue weighted by Gasteiger charge is -2.41. The van der Waals surface area contributed by atoms with Crippen molar-refractivity contribution in [3.63, 3.8) is 0 Å². The Hall–Kier alpha value is -2.40. The van der Waals surface area contributed by atoms with E-state index < -0.39 is 65.8 Å². The van der Waals surface area contributed by atoms with Gasteiger partial charge in [-0.2, -0.15) is 65.9 Å². The van der Waals surface area contributed by atoms with Gasteiger partial charge in [-0.1, -0.05) is 12.1 Å². The first-order valence-electron chi connectivity index (χ1n) is 8.53. The van der Waals surface area contributed by atoms with Crippen LogP contribution >= 0.6 is 0 Å². The first kappa shape index (κ1) is 30.6. The van der Waals surface area contributed by atoms with Gasteiger partial charge >= 0.3 is 47.7 Å². The van der Waals surface area contributed by atoms with Gasteiger partial charge in [-0.15, -0.1) is 0 Å². The van der Waals surface area contributed by atoms with Crippen molar-refractivity contribution in [1.82, 2.24) is 0 Å². The summed E-state index contributed by atoms with van der Waals surface area (Å²) in [6, 6.07) is 2.64. The van der Waals surface area contributed by atoms with Crippen LogP contribution in [0.3, 0.4) is 0 Å². The molecule has 202 valence electrons. The van der Waals surface area contributed by atoms with Gasteiger partial charge in [0, 0.05) is 6.42 Å². The Morgan fingerprint density at radius 1 is 0.714 bits per heavy atom. The van der Waals surface area contributed by atoms with Crippen molar-refractivity contribution in [3.8, 4) is 0 Å². The number of methoxy groups -OCH3 is 1. The standard InChI is InChI=1S/C17H11F15O3/c1-35-10(34)8-4-2-7(3-5-8)9(33)6-11(18,19)12(20,21)13(22,23)14(24,25)15(26,27)16(28,29)17(30,31)32/h2-5,9,33H,6H2,1H3. The van der Waals surface area contributed by atoms with Crippen LogP contribution in [0.4, 0.5) is 65.9 Å². The molecule has 1 N–H and O–H groups in total. The third-order valence-electron chi connectivity index (χ3n) is 4.56. The minimum Gasteiger partial charge on any atom is -0.465 e. The molecule has 0 aliphatic heterocycles. The van der Waals surface area contributed by atoms with Crippen molar-refractivity contribution in [3.05, 3.63) is 35.4 Å². The molecule has 0 saturated heterocycles. The van der Waals surface area contributed by atoms with Crippen LogP contribution in [-0.2, 0) is 4.74 Å². The summed E-state index contributed by atoms with van der Waals surface area (Å²) in [5, 5.41) is 9.59. The smallest absolute Gasteiger partial charge is 0.460 e. The van der Waals surface area contributed by atoms with Crippen LogP contribution < -0.4 is 0 Å². The first-order valence-corrected chi connectivity index (χ1v) is 8.53. The monoisotopic (exact) mass is 548 g/mol. The zero-order valence-corrected chi connectivity index (χ0v) is 16.5. The molecule has 0 spiro atoms. The van der Waals surface area contributed by atoms with Crippen LogP contribution in [0.2, 0.25) is 0 Å². The number of hydrogen-bond acceptors (Lipinski definition) is 3. The number of aliphatic hydroxyl groups is 1. The number of carbonyl (C=O) groups is 1. The van der Waals surface area contributed by atoms with Crippen molar-refractivity contribution in [1.29, 1.82) is 0 Å². The van der Waals surface area contributed by atoms with E-state index in [9.17, 15) is 75.8 Å². The minimum atomic E-state index is -8.39. The molecule has 1 atom stereocenters. The molecule has 0 radical (unpaired) electrons. The summed E-state index contributed by atoms with van der Waals surface area (Å²) >= 11 is 0. The summed E-state index contributed by atoms with van der Waals surface area (Å²) in [6.45, 7) is 0. The maximum Gasteiger partial charge on any atom is 0.460 e. The average Bonchev–Trinajstić information content (AvgIpc) is 2.71. The second-order valence-corrected chi connectivity index (χ2v) is 6.91. The zero-order chi connectivity index (χ0) is 28.1. The topological polar surface area (TPSA) is 46.5 Å². The van der Waals surface area contributed by atoms with Gasteiger partial charge in [0.2, 0.25) is 0 Å². The molecular weight excluding hydrogens is 537 g/mol. The van der Waals surface area contributed by atoms with Crippen LogP contribution in [0.5, 0.6) is 0 Å². The third kappa shape index (κ3) is 4.72. The van der Waals surface area contributed by atoms with Crippen LogP contribution in [0.1, 0.15) is 28.4 Å². The van der Waals surface area contributed by atoms with Gasteiger partial charge in [0.15, 0.2) is 0 Å². The summed E-state index contributed by atoms with van der Waals surface area (Å²) in [5.41, 5.74) is -1.14. The van der Waals surface area contributed by atoms with Crippen LogP contribution in [0.15, 0.2) is 24.3 Å². The van der Waals surface area contributed by atoms with Gasteiger partial charge in [0.1, 0.15) is 0 Å². The lowest BCUT2D eigenvalue weighted by atomic mass is 9.88. The van der Waals surface area contributed by atoms with Crippen LogP contribution in [0.25, 0.3) is 0 Å². The van der Waals surface area contributed by atoms with E-state index in [1.807, 2.05) is 0 Å². The van der Waals surface area contributed by atoms with Crippen LogP contribution in [-0.4, -0.2) is 59.9 Å². The predicted molar refractivity (Wildman–Crippen MR) is 83.1 cm³/mol. The molecule has 1 aromatic carbocycles. The number of alkyl halides is 15. The highest BCUT2D eigenvalue weighted by molar-refractivity contribution is 5.89. The molecule has 0 saturated carbocycles. The Bertz CT molecular complexity index is 906. The predicted octanol–water partition coefficient (Wildman–Crippen LogP) is 6.27. The van der Waals surface area contributed by atoms with E-state index in [1.165, 1.54) is 0 Å². The van der Waals surface area contributed by atoms with Gasteiger partial charge < -0.3 is 9.84 Å². The lowest BCUT2D eigenvalue weighted by Crippen LogP contribution is -2.72. The minimum absolute atomic E-state index is 0.306. The van der Waals surface area contributed by atoms with Gasteiger partial charge in [-0.25, -0.2) is 4.79 Å². The normalized spacial score (nSPS) is 15.7. The number of carbonyl (C=O) groups excluding carboxylic acids is 1. The average molecular weight is 548 g/mol. The molecule has 0 aliphatic carbocycles. The second-order valence-electron chi connectivity index (χ2n) is 6.91. The number of ether oxygens (including phenoxy) is 1. The quantitative estimate of drug-likeness (QED) is 0.293. The van der Waals surface area contributed by atoms with E-state index in [0.29, 0.717) is 12.1 Å². The highest BCUT2D eigenvalue weighted by Crippen LogP contribution is 2.63. The number of esters is 1. The number of aliphatic hydroxyl groups excluding tert-OH is 1. The van der Waals surface area contributed by atoms with Gasteiger partial charge in [0.05, 0.1) is 18.8 Å². The Balaban J connectivity index is 3.39. The molecule has 0 fully saturated rings. The summed E-state index contributed by atoms with van der Waals surface area (Å²) in [7, 11) is 0.901. The van der Waals surface area contributed by atoms with Crippen molar-refractivity contribution < 1.29 is 80.5 Å². The first-order chi connectivity index (χ1) is 15.3. The highest BCUT2D eigenvalue weighted by Gasteiger charge is 2.93. The second kappa shape index (κ2) is 8.92. The van der Waals surface area contributed by atoms with E-state index in [0.717, 1.165) is 19.2 Å². The van der Waals surface area contributed by atoms with E-state index in [-0.39, 0.29) is 5.56 Å². The summed E-state index contributed by atoms with van der Waals surface area (Å²) in [6.07, 6.45) is -13.5. The summed E-state index contributed by atoms with van der Waals surface area (Å²) in [4.78, 5) is 11.2. The maximum atomic E-state index is 13.9. The van der Waals surface area contributed by atoms with Crippen LogP contribution in [0, 0.1) is 0 Å². The highest BCUT2D eigenvalue weighted by atomic mass is 19.4. The Morgan fingerprint density at radius 3 is 1.46 bits per heavy atom. The Labute approximate surface area is 184 Å². The van der Waals surface area contributed by atoms with E-state index in [1.54, 1.807) is 0 Å². The van der Waals surface area contributed by atoms with E-state index in [4.69, 9.17) is 0 Å². The molecule has 0 bridgehead atoms. The van der Waals surface area contributed by atoms with Crippen molar-refractivity contribution in [2.24, 2.45) is 0 Å². The molecule has 0 aliphatic rings. The van der Waals surface area contributed by atoms with Crippen molar-refractivity contribution in [2.75, 3.05) is 7.11 Å². The molecule has 0 heterocycles. The fourth-order valence-corrected chi connectivity index (χ4v) is 2.45. The SMILES string of the molecule is COC(=O)c1ccc(C(O)CC(F)(F)C(F)(F)C(F)(F)C(F)(F)C(F)(F)C(F)(F)C(F)(F)F)cc1. The van der Waals surface area contributed by atoms with Crippen molar-refractivity contribution >= 4 is 5.97 Å². The molecule has 1 unspecified atom stereocenters. The van der Waals surface area contributed by atoms with E-state index >= 15 is 0 Å². The number of rotatable bonds is 9. The molecular formula is C17H11F15O3. The summed E-state index contributed by atoms with van der Waals surface area (Å²) < 4.78 is 202. The molecule has 1 rings (SSSR count). The largest absolute Gasteiger partial charge is 0.465 e. The molecule has 0 aromatic heterocycles. The van der Waals surface area contributed by atoms with Crippen molar-refractivity contribution in [2.45, 2.75) is 54.2 Å². The summed E-state index contributed by atoms with van der Waals surface area (Å²) in [5.74, 6) is -48.3. The zero-order valence-electron chi connectivity index (χ0n) is 16.5. The lowest BCUT2D eigenvalue weighted by molar-refractivity contribution is -0.453. The number of benzene rings is 1. The molecule has 3 nitrogen and oxygen atoms in total. The number of halogens is 15. The number of hydrogen-bond donors (Lipinski definition) is 1. The van der Waals surface area contributed by atoms with E-state index in [2.05, 4.69) is 4.74 Å². The Kier molecular flexibility index (Phi) is 7.81. The van der Waals surface area contributed by atoms with Gasteiger partial charge in [0.25, 0.3) is 0 Å². The van der Waals surface area contributed by atoms with Gasteiger partial charge in [-0.05, 0) is 17.7 Å². The Morgan fingerprint density at radius 2 is 1.09 bits per heavy atom. The molecule has 1 aromatic rings. The molecule has 18 heteroatoms. The maximum absolute atomic E-state index is 13.9. The molecule has 35 heavy (non-hydrogen) atoms. The fraction of sp³-hybridized carbons (Fsp3) is 0.588.